The Morgan fingerprint density at radius 2 is 1.50 bits per heavy atom. The number of morpholine rings is 1. The van der Waals surface area contributed by atoms with Gasteiger partial charge in [0.15, 0.2) is 0 Å². The molecule has 1 atom stereocenters. The fourth-order valence-corrected chi connectivity index (χ4v) is 4.80. The van der Waals surface area contributed by atoms with Gasteiger partial charge in [-0.15, -0.1) is 0 Å². The summed E-state index contributed by atoms with van der Waals surface area (Å²) < 4.78 is 10.8. The number of urea groups is 1. The summed E-state index contributed by atoms with van der Waals surface area (Å²) in [6, 6.07) is 21.2. The first kappa shape index (κ1) is 32.5. The maximum absolute atomic E-state index is 13.2. The summed E-state index contributed by atoms with van der Waals surface area (Å²) in [4.78, 5) is 40.8. The first-order chi connectivity index (χ1) is 21.1. The molecule has 10 nitrogen and oxygen atoms in total. The Bertz CT molecular complexity index is 1400. The van der Waals surface area contributed by atoms with Crippen LogP contribution in [-0.2, 0) is 9.47 Å². The molecule has 4 N–H and O–H groups in total. The van der Waals surface area contributed by atoms with E-state index in [9.17, 15) is 14.4 Å². The number of anilines is 3. The van der Waals surface area contributed by atoms with Crippen LogP contribution < -0.4 is 21.3 Å². The SMILES string of the molecule is Cc1ccc(NC(=O)NC(CCCN2CCOCC2)c2ccc(C(=O)Nc3ccccc3NC(=O)OC(C)(C)C)cc2)cc1. The third-order valence-electron chi connectivity index (χ3n) is 7.07. The minimum absolute atomic E-state index is 0.252. The largest absolute Gasteiger partial charge is 0.444 e. The lowest BCUT2D eigenvalue weighted by molar-refractivity contribution is 0.0369. The average Bonchev–Trinajstić information content (AvgIpc) is 2.98. The average molecular weight is 602 g/mol. The van der Waals surface area contributed by atoms with Crippen LogP contribution in [-0.4, -0.2) is 61.4 Å². The van der Waals surface area contributed by atoms with Crippen LogP contribution in [0.2, 0.25) is 0 Å². The maximum atomic E-state index is 13.2. The van der Waals surface area contributed by atoms with Gasteiger partial charge in [0.1, 0.15) is 5.60 Å². The number of benzene rings is 3. The van der Waals surface area contributed by atoms with Crippen LogP contribution in [0.25, 0.3) is 0 Å². The van der Waals surface area contributed by atoms with Gasteiger partial charge in [-0.05, 0) is 89.0 Å². The topological polar surface area (TPSA) is 121 Å². The third-order valence-corrected chi connectivity index (χ3v) is 7.07. The van der Waals surface area contributed by atoms with Crippen molar-refractivity contribution in [3.8, 4) is 0 Å². The van der Waals surface area contributed by atoms with Crippen molar-refractivity contribution in [1.82, 2.24) is 10.2 Å². The zero-order valence-electron chi connectivity index (χ0n) is 25.9. The second kappa shape index (κ2) is 15.4. The van der Waals surface area contributed by atoms with Gasteiger partial charge in [-0.1, -0.05) is 42.0 Å². The van der Waals surface area contributed by atoms with Crippen molar-refractivity contribution in [2.45, 2.75) is 52.2 Å². The zero-order chi connectivity index (χ0) is 31.5. The minimum Gasteiger partial charge on any atom is -0.444 e. The van der Waals surface area contributed by atoms with E-state index in [0.717, 1.165) is 56.8 Å². The molecule has 4 amide bonds. The molecule has 0 radical (unpaired) electrons. The van der Waals surface area contributed by atoms with Gasteiger partial charge in [-0.25, -0.2) is 9.59 Å². The predicted octanol–water partition coefficient (Wildman–Crippen LogP) is 6.57. The van der Waals surface area contributed by atoms with Crippen LogP contribution in [0.15, 0.2) is 72.8 Å². The van der Waals surface area contributed by atoms with Gasteiger partial charge < -0.3 is 25.4 Å². The molecule has 0 spiro atoms. The molecule has 3 aromatic carbocycles. The van der Waals surface area contributed by atoms with E-state index in [0.29, 0.717) is 22.6 Å². The summed E-state index contributed by atoms with van der Waals surface area (Å²) in [5, 5.41) is 11.6. The molecule has 0 aliphatic carbocycles. The van der Waals surface area contributed by atoms with E-state index >= 15 is 0 Å². The fraction of sp³-hybridized carbons (Fsp3) is 0.382. The summed E-state index contributed by atoms with van der Waals surface area (Å²) in [7, 11) is 0. The lowest BCUT2D eigenvalue weighted by Crippen LogP contribution is -2.37. The summed E-state index contributed by atoms with van der Waals surface area (Å²) in [6.45, 7) is 11.6. The Kier molecular flexibility index (Phi) is 11.3. The number of hydrogen-bond acceptors (Lipinski definition) is 6. The smallest absolute Gasteiger partial charge is 0.412 e. The molecule has 234 valence electrons. The van der Waals surface area contributed by atoms with Gasteiger partial charge >= 0.3 is 12.1 Å². The van der Waals surface area contributed by atoms with Crippen LogP contribution in [0, 0.1) is 6.92 Å². The minimum atomic E-state index is -0.652. The standard InChI is InChI=1S/C34H43N5O5/c1-24-11-17-27(18-12-24)35-32(41)37-28(10-7-19-39-20-22-43-23-21-39)25-13-15-26(16-14-25)31(40)36-29-8-5-6-9-30(29)38-33(42)44-34(2,3)4/h5-6,8-9,11-18,28H,7,10,19-23H2,1-4H3,(H,36,40)(H,38,42)(H2,35,37,41). The number of aryl methyl sites for hydroxylation is 1. The van der Waals surface area contributed by atoms with Crippen LogP contribution in [0.3, 0.4) is 0 Å². The quantitative estimate of drug-likeness (QED) is 0.209. The Morgan fingerprint density at radius 1 is 0.864 bits per heavy atom. The molecule has 0 aromatic heterocycles. The highest BCUT2D eigenvalue weighted by molar-refractivity contribution is 6.06. The molecule has 1 heterocycles. The van der Waals surface area contributed by atoms with Gasteiger partial charge in [-0.3, -0.25) is 15.0 Å². The highest BCUT2D eigenvalue weighted by Crippen LogP contribution is 2.24. The normalized spacial score (nSPS) is 14.3. The number of nitrogens with zero attached hydrogens (tertiary/aromatic N) is 1. The first-order valence-electron chi connectivity index (χ1n) is 15.0. The van der Waals surface area contributed by atoms with Crippen LogP contribution in [0.1, 0.15) is 61.1 Å². The summed E-state index contributed by atoms with van der Waals surface area (Å²) in [6.07, 6.45) is 1.01. The van der Waals surface area contributed by atoms with Crippen molar-refractivity contribution in [2.24, 2.45) is 0 Å². The molecule has 3 aromatic rings. The van der Waals surface area contributed by atoms with Crippen molar-refractivity contribution >= 4 is 35.1 Å². The van der Waals surface area contributed by atoms with Gasteiger partial charge in [-0.2, -0.15) is 0 Å². The second-order valence-electron chi connectivity index (χ2n) is 11.9. The van der Waals surface area contributed by atoms with E-state index in [-0.39, 0.29) is 18.0 Å². The number of nitrogens with one attached hydrogen (secondary N) is 4. The maximum Gasteiger partial charge on any atom is 0.412 e. The van der Waals surface area contributed by atoms with Crippen molar-refractivity contribution in [3.63, 3.8) is 0 Å². The van der Waals surface area contributed by atoms with Crippen LogP contribution in [0.5, 0.6) is 0 Å². The molecule has 0 saturated carbocycles. The number of carbonyl (C=O) groups excluding carboxylic acids is 3. The summed E-state index contributed by atoms with van der Waals surface area (Å²) >= 11 is 0. The highest BCUT2D eigenvalue weighted by atomic mass is 16.6. The van der Waals surface area contributed by atoms with Crippen molar-refractivity contribution in [3.05, 3.63) is 89.5 Å². The van der Waals surface area contributed by atoms with E-state index in [2.05, 4.69) is 26.2 Å². The molecular weight excluding hydrogens is 558 g/mol. The molecule has 44 heavy (non-hydrogen) atoms. The molecule has 0 bridgehead atoms. The van der Waals surface area contributed by atoms with Crippen molar-refractivity contribution in [1.29, 1.82) is 0 Å². The lowest BCUT2D eigenvalue weighted by Gasteiger charge is -2.27. The fourth-order valence-electron chi connectivity index (χ4n) is 4.80. The second-order valence-corrected chi connectivity index (χ2v) is 11.9. The van der Waals surface area contributed by atoms with E-state index in [1.54, 1.807) is 57.2 Å². The Hall–Kier alpha value is -4.41. The number of carbonyl (C=O) groups is 3. The molecule has 1 aliphatic rings. The molecular formula is C34H43N5O5. The van der Waals surface area contributed by atoms with E-state index < -0.39 is 11.7 Å². The van der Waals surface area contributed by atoms with E-state index in [1.165, 1.54) is 0 Å². The number of hydrogen-bond donors (Lipinski definition) is 4. The van der Waals surface area contributed by atoms with Gasteiger partial charge in [0.25, 0.3) is 5.91 Å². The van der Waals surface area contributed by atoms with Crippen LogP contribution >= 0.6 is 0 Å². The zero-order valence-corrected chi connectivity index (χ0v) is 25.9. The van der Waals surface area contributed by atoms with Crippen LogP contribution in [0.4, 0.5) is 26.7 Å². The molecule has 1 unspecified atom stereocenters. The van der Waals surface area contributed by atoms with Gasteiger partial charge in [0, 0.05) is 24.3 Å². The van der Waals surface area contributed by atoms with E-state index in [1.807, 2.05) is 43.3 Å². The number of ether oxygens (including phenoxy) is 2. The molecule has 1 fully saturated rings. The first-order valence-corrected chi connectivity index (χ1v) is 15.0. The van der Waals surface area contributed by atoms with E-state index in [4.69, 9.17) is 9.47 Å². The number of para-hydroxylation sites is 2. The Labute approximate surface area is 259 Å². The Balaban J connectivity index is 1.42. The molecule has 10 heteroatoms. The van der Waals surface area contributed by atoms with Gasteiger partial charge in [0.2, 0.25) is 0 Å². The monoisotopic (exact) mass is 601 g/mol. The van der Waals surface area contributed by atoms with Gasteiger partial charge in [0.05, 0.1) is 30.6 Å². The molecule has 4 rings (SSSR count). The highest BCUT2D eigenvalue weighted by Gasteiger charge is 2.20. The molecule has 1 saturated heterocycles. The van der Waals surface area contributed by atoms with Crippen molar-refractivity contribution < 1.29 is 23.9 Å². The van der Waals surface area contributed by atoms with Crippen molar-refractivity contribution in [2.75, 3.05) is 48.8 Å². The summed E-state index contributed by atoms with van der Waals surface area (Å²) in [5.41, 5.74) is 3.39. The summed E-state index contributed by atoms with van der Waals surface area (Å²) in [5.74, 6) is -0.330. The Morgan fingerprint density at radius 3 is 2.14 bits per heavy atom. The predicted molar refractivity (Wildman–Crippen MR) is 173 cm³/mol. The number of rotatable bonds is 10. The number of amides is 4. The lowest BCUT2D eigenvalue weighted by atomic mass is 10.00. The third kappa shape index (κ3) is 10.4. The molecule has 1 aliphatic heterocycles.